The standard InChI is InChI=1S/C18H17ClN2O5S/c19-15-5-1-13(2-6-15)11-20(17-9-10-27(25,26)12-17)18(22)14-3-7-16(8-4-14)21(23)24/h1-8,17H,9-12H2. The fourth-order valence-corrected chi connectivity index (χ4v) is 4.92. The molecule has 1 atom stereocenters. The van der Waals surface area contributed by atoms with Gasteiger partial charge in [-0.3, -0.25) is 14.9 Å². The number of halogens is 1. The molecule has 2 aromatic carbocycles. The minimum Gasteiger partial charge on any atom is -0.330 e. The maximum absolute atomic E-state index is 13.0. The summed E-state index contributed by atoms with van der Waals surface area (Å²) in [5.41, 5.74) is 0.983. The molecule has 1 fully saturated rings. The fourth-order valence-electron chi connectivity index (χ4n) is 3.07. The zero-order valence-electron chi connectivity index (χ0n) is 14.2. The fraction of sp³-hybridized carbons (Fsp3) is 0.278. The predicted molar refractivity (Wildman–Crippen MR) is 101 cm³/mol. The van der Waals surface area contributed by atoms with E-state index in [1.165, 1.54) is 29.2 Å². The summed E-state index contributed by atoms with van der Waals surface area (Å²) < 4.78 is 23.8. The number of rotatable bonds is 5. The number of nitro groups is 1. The van der Waals surface area contributed by atoms with Gasteiger partial charge in [-0.15, -0.1) is 0 Å². The van der Waals surface area contributed by atoms with Crippen molar-refractivity contribution in [3.63, 3.8) is 0 Å². The molecule has 1 unspecified atom stereocenters. The highest BCUT2D eigenvalue weighted by Crippen LogP contribution is 2.24. The molecular formula is C18H17ClN2O5S. The lowest BCUT2D eigenvalue weighted by molar-refractivity contribution is -0.384. The molecule has 7 nitrogen and oxygen atoms in total. The van der Waals surface area contributed by atoms with Crippen LogP contribution >= 0.6 is 11.6 Å². The number of carbonyl (C=O) groups excluding carboxylic acids is 1. The van der Waals surface area contributed by atoms with Crippen molar-refractivity contribution in [2.75, 3.05) is 11.5 Å². The number of hydrogen-bond donors (Lipinski definition) is 0. The molecule has 0 spiro atoms. The molecule has 0 aliphatic carbocycles. The number of amides is 1. The minimum absolute atomic E-state index is 0.0440. The van der Waals surface area contributed by atoms with Gasteiger partial charge in [-0.2, -0.15) is 0 Å². The summed E-state index contributed by atoms with van der Waals surface area (Å²) >= 11 is 5.90. The Balaban J connectivity index is 1.89. The van der Waals surface area contributed by atoms with Gasteiger partial charge in [0.1, 0.15) is 0 Å². The van der Waals surface area contributed by atoms with Crippen LogP contribution in [0.15, 0.2) is 48.5 Å². The van der Waals surface area contributed by atoms with Crippen molar-refractivity contribution in [3.05, 3.63) is 74.8 Å². The first-order valence-electron chi connectivity index (χ1n) is 8.25. The van der Waals surface area contributed by atoms with E-state index in [0.29, 0.717) is 11.4 Å². The van der Waals surface area contributed by atoms with Gasteiger partial charge in [0, 0.05) is 35.3 Å². The number of non-ortho nitro benzene ring substituents is 1. The minimum atomic E-state index is -3.18. The molecule has 9 heteroatoms. The second kappa shape index (κ2) is 7.66. The normalized spacial score (nSPS) is 18.2. The Morgan fingerprint density at radius 1 is 1.15 bits per heavy atom. The molecule has 0 N–H and O–H groups in total. The molecule has 1 amide bonds. The quantitative estimate of drug-likeness (QED) is 0.559. The molecule has 1 saturated heterocycles. The average Bonchev–Trinajstić information content (AvgIpc) is 3.00. The molecule has 0 bridgehead atoms. The molecule has 2 aromatic rings. The van der Waals surface area contributed by atoms with Gasteiger partial charge in [-0.05, 0) is 36.2 Å². The third-order valence-electron chi connectivity index (χ3n) is 4.50. The monoisotopic (exact) mass is 408 g/mol. The van der Waals surface area contributed by atoms with Crippen LogP contribution in [-0.2, 0) is 16.4 Å². The Labute approximate surface area is 161 Å². The first-order valence-corrected chi connectivity index (χ1v) is 10.5. The number of carbonyl (C=O) groups is 1. The van der Waals surface area contributed by atoms with Crippen molar-refractivity contribution in [3.8, 4) is 0 Å². The lowest BCUT2D eigenvalue weighted by Gasteiger charge is -2.28. The molecule has 0 aromatic heterocycles. The molecular weight excluding hydrogens is 392 g/mol. The Morgan fingerprint density at radius 2 is 1.78 bits per heavy atom. The highest BCUT2D eigenvalue weighted by atomic mass is 35.5. The van der Waals surface area contributed by atoms with Crippen molar-refractivity contribution in [2.24, 2.45) is 0 Å². The molecule has 27 heavy (non-hydrogen) atoms. The van der Waals surface area contributed by atoms with Crippen LogP contribution < -0.4 is 0 Å². The number of benzene rings is 2. The van der Waals surface area contributed by atoms with Crippen molar-refractivity contribution >= 4 is 33.0 Å². The molecule has 142 valence electrons. The van der Waals surface area contributed by atoms with E-state index in [2.05, 4.69) is 0 Å². The molecule has 0 radical (unpaired) electrons. The van der Waals surface area contributed by atoms with Gasteiger partial charge in [-0.25, -0.2) is 8.42 Å². The smallest absolute Gasteiger partial charge is 0.269 e. The van der Waals surface area contributed by atoms with E-state index in [-0.39, 0.29) is 35.2 Å². The highest BCUT2D eigenvalue weighted by molar-refractivity contribution is 7.91. The SMILES string of the molecule is O=C(c1ccc([N+](=O)[O-])cc1)N(Cc1ccc(Cl)cc1)C1CCS(=O)(=O)C1. The van der Waals surface area contributed by atoms with Gasteiger partial charge < -0.3 is 4.90 Å². The summed E-state index contributed by atoms with van der Waals surface area (Å²) in [5.74, 6) is -0.399. The van der Waals surface area contributed by atoms with E-state index in [9.17, 15) is 23.3 Å². The number of nitro benzene ring substituents is 1. The number of hydrogen-bond acceptors (Lipinski definition) is 5. The summed E-state index contributed by atoms with van der Waals surface area (Å²) in [6.45, 7) is 0.229. The number of sulfone groups is 1. The van der Waals surface area contributed by atoms with E-state index in [4.69, 9.17) is 11.6 Å². The maximum Gasteiger partial charge on any atom is 0.269 e. The van der Waals surface area contributed by atoms with Crippen molar-refractivity contribution in [1.29, 1.82) is 0 Å². The van der Waals surface area contributed by atoms with Gasteiger partial charge >= 0.3 is 0 Å². The van der Waals surface area contributed by atoms with Gasteiger partial charge in [-0.1, -0.05) is 23.7 Å². The van der Waals surface area contributed by atoms with E-state index in [1.807, 2.05) is 0 Å². The van der Waals surface area contributed by atoms with Crippen LogP contribution in [0.2, 0.25) is 5.02 Å². The van der Waals surface area contributed by atoms with E-state index >= 15 is 0 Å². The second-order valence-electron chi connectivity index (χ2n) is 6.42. The Bertz CT molecular complexity index is 958. The van der Waals surface area contributed by atoms with Gasteiger partial charge in [0.2, 0.25) is 0 Å². The number of nitrogens with zero attached hydrogens (tertiary/aromatic N) is 2. The van der Waals surface area contributed by atoms with Gasteiger partial charge in [0.15, 0.2) is 9.84 Å². The molecule has 1 heterocycles. The maximum atomic E-state index is 13.0. The molecule has 1 aliphatic heterocycles. The Hall–Kier alpha value is -2.45. The van der Waals surface area contributed by atoms with Gasteiger partial charge in [0.05, 0.1) is 16.4 Å². The summed E-state index contributed by atoms with van der Waals surface area (Å²) in [6.07, 6.45) is 0.370. The van der Waals surface area contributed by atoms with Crippen molar-refractivity contribution in [1.82, 2.24) is 4.90 Å². The van der Waals surface area contributed by atoms with Crippen molar-refractivity contribution in [2.45, 2.75) is 19.0 Å². The molecule has 0 saturated carbocycles. The summed E-state index contributed by atoms with van der Waals surface area (Å²) in [5, 5.41) is 11.4. The third-order valence-corrected chi connectivity index (χ3v) is 6.50. The van der Waals surface area contributed by atoms with Crippen LogP contribution in [0.5, 0.6) is 0 Å². The Kier molecular flexibility index (Phi) is 5.48. The first-order chi connectivity index (χ1) is 12.7. The van der Waals surface area contributed by atoms with Gasteiger partial charge in [0.25, 0.3) is 11.6 Å². The van der Waals surface area contributed by atoms with E-state index in [0.717, 1.165) is 5.56 Å². The summed E-state index contributed by atoms with van der Waals surface area (Å²) in [4.78, 5) is 24.8. The summed E-state index contributed by atoms with van der Waals surface area (Å²) in [7, 11) is -3.18. The van der Waals surface area contributed by atoms with Crippen LogP contribution in [0.4, 0.5) is 5.69 Å². The van der Waals surface area contributed by atoms with Crippen LogP contribution in [0.25, 0.3) is 0 Å². The lowest BCUT2D eigenvalue weighted by atomic mass is 10.1. The molecule has 1 aliphatic rings. The van der Waals surface area contributed by atoms with Crippen LogP contribution in [-0.4, -0.2) is 41.7 Å². The largest absolute Gasteiger partial charge is 0.330 e. The highest BCUT2D eigenvalue weighted by Gasteiger charge is 2.35. The predicted octanol–water partition coefficient (Wildman–Crippen LogP) is 3.08. The second-order valence-corrected chi connectivity index (χ2v) is 9.09. The van der Waals surface area contributed by atoms with E-state index < -0.39 is 20.8 Å². The van der Waals surface area contributed by atoms with Crippen LogP contribution in [0, 0.1) is 10.1 Å². The Morgan fingerprint density at radius 3 is 2.30 bits per heavy atom. The van der Waals surface area contributed by atoms with E-state index in [1.54, 1.807) is 24.3 Å². The zero-order valence-corrected chi connectivity index (χ0v) is 15.8. The van der Waals surface area contributed by atoms with Crippen LogP contribution in [0.3, 0.4) is 0 Å². The first kappa shape index (κ1) is 19.3. The third kappa shape index (κ3) is 4.64. The average molecular weight is 409 g/mol. The van der Waals surface area contributed by atoms with Crippen molar-refractivity contribution < 1.29 is 18.1 Å². The topological polar surface area (TPSA) is 97.6 Å². The zero-order chi connectivity index (χ0) is 19.6. The lowest BCUT2D eigenvalue weighted by Crippen LogP contribution is -2.40. The van der Waals surface area contributed by atoms with Crippen LogP contribution in [0.1, 0.15) is 22.3 Å². The molecule has 3 rings (SSSR count). The summed E-state index contributed by atoms with van der Waals surface area (Å²) in [6, 6.07) is 11.8.